The molecule has 0 saturated carbocycles. The van der Waals surface area contributed by atoms with Gasteiger partial charge < -0.3 is 10.2 Å². The lowest BCUT2D eigenvalue weighted by atomic mass is 9.95. The van der Waals surface area contributed by atoms with Crippen molar-refractivity contribution in [3.8, 4) is 0 Å². The molecule has 1 aliphatic rings. The number of likely N-dealkylation sites (tertiary alicyclic amines) is 1. The van der Waals surface area contributed by atoms with Gasteiger partial charge in [-0.05, 0) is 55.5 Å². The highest BCUT2D eigenvalue weighted by Gasteiger charge is 2.28. The summed E-state index contributed by atoms with van der Waals surface area (Å²) in [4.78, 5) is 26.9. The van der Waals surface area contributed by atoms with Crippen molar-refractivity contribution in [1.29, 1.82) is 0 Å². The summed E-state index contributed by atoms with van der Waals surface area (Å²) in [6.07, 6.45) is 2.18. The van der Waals surface area contributed by atoms with Gasteiger partial charge in [0, 0.05) is 36.1 Å². The number of carbonyl (C=O) groups is 2. The number of nitrogens with zero attached hydrogens (tertiary/aromatic N) is 1. The maximum Gasteiger partial charge on any atom is 0.254 e. The zero-order valence-electron chi connectivity index (χ0n) is 15.6. The van der Waals surface area contributed by atoms with Gasteiger partial charge in [0.05, 0.1) is 0 Å². The minimum atomic E-state index is -0.0229. The van der Waals surface area contributed by atoms with Gasteiger partial charge >= 0.3 is 0 Å². The molecule has 0 unspecified atom stereocenters. The number of nitrogens with one attached hydrogen (secondary N) is 1. The van der Waals surface area contributed by atoms with Crippen LogP contribution < -0.4 is 5.32 Å². The molecule has 1 N–H and O–H groups in total. The summed E-state index contributed by atoms with van der Waals surface area (Å²) in [5, 5.41) is 3.73. The fourth-order valence-electron chi connectivity index (χ4n) is 3.49. The molecular formula is C22H25ClN2O2. The van der Waals surface area contributed by atoms with Gasteiger partial charge in [0.25, 0.3) is 5.91 Å². The standard InChI is InChI=1S/C22H25ClN2O2/c1-16-5-2-3-8-20(16)22(27)25-13-10-18(11-14-25)21(26)24-12-9-17-6-4-7-19(23)15-17/h2-8,15,18H,9-14H2,1H3,(H,24,26). The van der Waals surface area contributed by atoms with Crippen LogP contribution in [0.15, 0.2) is 48.5 Å². The van der Waals surface area contributed by atoms with Crippen molar-refractivity contribution in [3.05, 3.63) is 70.2 Å². The van der Waals surface area contributed by atoms with E-state index in [-0.39, 0.29) is 17.7 Å². The molecule has 0 aliphatic carbocycles. The van der Waals surface area contributed by atoms with E-state index in [1.54, 1.807) is 0 Å². The van der Waals surface area contributed by atoms with Gasteiger partial charge in [-0.3, -0.25) is 9.59 Å². The first-order valence-electron chi connectivity index (χ1n) is 9.41. The lowest BCUT2D eigenvalue weighted by molar-refractivity contribution is -0.126. The third-order valence-corrected chi connectivity index (χ3v) is 5.37. The highest BCUT2D eigenvalue weighted by molar-refractivity contribution is 6.30. The summed E-state index contributed by atoms with van der Waals surface area (Å²) >= 11 is 5.98. The van der Waals surface area contributed by atoms with Gasteiger partial charge in [-0.25, -0.2) is 0 Å². The Labute approximate surface area is 165 Å². The molecule has 0 radical (unpaired) electrons. The third kappa shape index (κ3) is 5.10. The number of piperidine rings is 1. The second-order valence-corrected chi connectivity index (χ2v) is 7.49. The van der Waals surface area contributed by atoms with Gasteiger partial charge in [-0.2, -0.15) is 0 Å². The van der Waals surface area contributed by atoms with Crippen LogP contribution in [-0.4, -0.2) is 36.3 Å². The van der Waals surface area contributed by atoms with Crippen molar-refractivity contribution in [2.75, 3.05) is 19.6 Å². The molecule has 2 aromatic rings. The van der Waals surface area contributed by atoms with Crippen LogP contribution in [0, 0.1) is 12.8 Å². The van der Waals surface area contributed by atoms with Crippen LogP contribution in [0.5, 0.6) is 0 Å². The predicted molar refractivity (Wildman–Crippen MR) is 108 cm³/mol. The maximum atomic E-state index is 12.7. The summed E-state index contributed by atoms with van der Waals surface area (Å²) in [6, 6.07) is 15.3. The quantitative estimate of drug-likeness (QED) is 0.850. The second-order valence-electron chi connectivity index (χ2n) is 7.05. The van der Waals surface area contributed by atoms with Gasteiger partial charge in [0.2, 0.25) is 5.91 Å². The number of amides is 2. The molecule has 1 aliphatic heterocycles. The lowest BCUT2D eigenvalue weighted by Crippen LogP contribution is -2.43. The van der Waals surface area contributed by atoms with Crippen LogP contribution >= 0.6 is 11.6 Å². The zero-order valence-corrected chi connectivity index (χ0v) is 16.3. The maximum absolute atomic E-state index is 12.7. The number of halogens is 1. The Kier molecular flexibility index (Phi) is 6.51. The highest BCUT2D eigenvalue weighted by atomic mass is 35.5. The van der Waals surface area contributed by atoms with E-state index in [9.17, 15) is 9.59 Å². The monoisotopic (exact) mass is 384 g/mol. The molecule has 1 fully saturated rings. The molecule has 1 saturated heterocycles. The summed E-state index contributed by atoms with van der Waals surface area (Å²) in [5.74, 6) is 0.123. The summed E-state index contributed by atoms with van der Waals surface area (Å²) in [6.45, 7) is 3.80. The van der Waals surface area contributed by atoms with Gasteiger partial charge in [0.15, 0.2) is 0 Å². The third-order valence-electron chi connectivity index (χ3n) is 5.13. The van der Waals surface area contributed by atoms with Crippen molar-refractivity contribution >= 4 is 23.4 Å². The van der Waals surface area contributed by atoms with E-state index in [0.717, 1.165) is 23.1 Å². The first-order valence-corrected chi connectivity index (χ1v) is 9.79. The molecule has 5 heteroatoms. The minimum Gasteiger partial charge on any atom is -0.356 e. The first kappa shape index (κ1) is 19.4. The Morgan fingerprint density at radius 3 is 2.56 bits per heavy atom. The van der Waals surface area contributed by atoms with E-state index in [1.807, 2.05) is 60.4 Å². The molecule has 142 valence electrons. The minimum absolute atomic E-state index is 0.0229. The van der Waals surface area contributed by atoms with Crippen LogP contribution in [0.1, 0.15) is 34.3 Å². The molecule has 2 aromatic carbocycles. The van der Waals surface area contributed by atoms with Crippen molar-refractivity contribution in [2.45, 2.75) is 26.2 Å². The normalized spacial score (nSPS) is 14.8. The Morgan fingerprint density at radius 1 is 1.11 bits per heavy atom. The van der Waals surface area contributed by atoms with Crippen LogP contribution in [0.25, 0.3) is 0 Å². The van der Waals surface area contributed by atoms with E-state index in [1.165, 1.54) is 0 Å². The van der Waals surface area contributed by atoms with Gasteiger partial charge in [-0.15, -0.1) is 0 Å². The number of aryl methyl sites for hydroxylation is 1. The van der Waals surface area contributed by atoms with E-state index >= 15 is 0 Å². The van der Waals surface area contributed by atoms with E-state index in [4.69, 9.17) is 11.6 Å². The molecule has 0 spiro atoms. The molecule has 3 rings (SSSR count). The first-order chi connectivity index (χ1) is 13.0. The molecule has 2 amide bonds. The summed E-state index contributed by atoms with van der Waals surface area (Å²) in [5.41, 5.74) is 2.85. The van der Waals surface area contributed by atoms with E-state index < -0.39 is 0 Å². The fourth-order valence-corrected chi connectivity index (χ4v) is 3.71. The van der Waals surface area contributed by atoms with Crippen molar-refractivity contribution in [2.24, 2.45) is 5.92 Å². The zero-order chi connectivity index (χ0) is 19.2. The largest absolute Gasteiger partial charge is 0.356 e. The Balaban J connectivity index is 1.45. The molecular weight excluding hydrogens is 360 g/mol. The number of rotatable bonds is 5. The Morgan fingerprint density at radius 2 is 1.85 bits per heavy atom. The van der Waals surface area contributed by atoms with Gasteiger partial charge in [-0.1, -0.05) is 41.9 Å². The molecule has 1 heterocycles. The van der Waals surface area contributed by atoms with Crippen LogP contribution in [-0.2, 0) is 11.2 Å². The topological polar surface area (TPSA) is 49.4 Å². The van der Waals surface area contributed by atoms with Crippen molar-refractivity contribution < 1.29 is 9.59 Å². The number of carbonyl (C=O) groups excluding carboxylic acids is 2. The molecule has 0 bridgehead atoms. The van der Waals surface area contributed by atoms with Crippen LogP contribution in [0.3, 0.4) is 0 Å². The average molecular weight is 385 g/mol. The van der Waals surface area contributed by atoms with Gasteiger partial charge in [0.1, 0.15) is 0 Å². The molecule has 4 nitrogen and oxygen atoms in total. The SMILES string of the molecule is Cc1ccccc1C(=O)N1CCC(C(=O)NCCc2cccc(Cl)c2)CC1. The predicted octanol–water partition coefficient (Wildman–Crippen LogP) is 3.86. The molecule has 0 atom stereocenters. The van der Waals surface area contributed by atoms with Crippen molar-refractivity contribution in [3.63, 3.8) is 0 Å². The molecule has 0 aromatic heterocycles. The summed E-state index contributed by atoms with van der Waals surface area (Å²) in [7, 11) is 0. The average Bonchev–Trinajstić information content (AvgIpc) is 2.68. The summed E-state index contributed by atoms with van der Waals surface area (Å²) < 4.78 is 0. The Hall–Kier alpha value is -2.33. The van der Waals surface area contributed by atoms with Crippen LogP contribution in [0.4, 0.5) is 0 Å². The lowest BCUT2D eigenvalue weighted by Gasteiger charge is -2.31. The van der Waals surface area contributed by atoms with E-state index in [0.29, 0.717) is 37.5 Å². The Bertz CT molecular complexity index is 813. The van der Waals surface area contributed by atoms with Crippen molar-refractivity contribution in [1.82, 2.24) is 10.2 Å². The number of hydrogen-bond donors (Lipinski definition) is 1. The molecule has 27 heavy (non-hydrogen) atoms. The van der Waals surface area contributed by atoms with Crippen LogP contribution in [0.2, 0.25) is 5.02 Å². The number of benzene rings is 2. The smallest absolute Gasteiger partial charge is 0.254 e. The second kappa shape index (κ2) is 9.05. The highest BCUT2D eigenvalue weighted by Crippen LogP contribution is 2.20. The van der Waals surface area contributed by atoms with E-state index in [2.05, 4.69) is 5.32 Å². The fraction of sp³-hybridized carbons (Fsp3) is 0.364. The number of hydrogen-bond acceptors (Lipinski definition) is 2.